The fraction of sp³-hybridized carbons (Fsp3) is 0.529. The van der Waals surface area contributed by atoms with Crippen LogP contribution in [0.2, 0.25) is 0 Å². The van der Waals surface area contributed by atoms with Crippen molar-refractivity contribution < 1.29 is 19.1 Å². The molecule has 0 spiro atoms. The van der Waals surface area contributed by atoms with Crippen molar-refractivity contribution in [2.24, 2.45) is 5.92 Å². The molecule has 0 fully saturated rings. The minimum absolute atomic E-state index is 0.0133. The van der Waals surface area contributed by atoms with Crippen molar-refractivity contribution >= 4 is 11.9 Å². The van der Waals surface area contributed by atoms with Crippen LogP contribution in [-0.4, -0.2) is 38.7 Å². The van der Waals surface area contributed by atoms with Gasteiger partial charge in [-0.25, -0.2) is 4.79 Å². The van der Waals surface area contributed by atoms with E-state index in [2.05, 4.69) is 10.6 Å². The first kappa shape index (κ1) is 19.0. The normalized spacial score (nSPS) is 11.9. The molecule has 0 bridgehead atoms. The number of carbonyl (C=O) groups is 2. The first-order chi connectivity index (χ1) is 10.9. The molecule has 128 valence electrons. The summed E-state index contributed by atoms with van der Waals surface area (Å²) >= 11 is 0. The Hall–Kier alpha value is -2.08. The topological polar surface area (TPSA) is 76.7 Å². The van der Waals surface area contributed by atoms with Crippen molar-refractivity contribution in [3.8, 4) is 5.75 Å². The molecule has 0 saturated carbocycles. The van der Waals surface area contributed by atoms with Crippen molar-refractivity contribution in [2.45, 2.75) is 33.4 Å². The van der Waals surface area contributed by atoms with Crippen LogP contribution in [-0.2, 0) is 16.1 Å². The van der Waals surface area contributed by atoms with Gasteiger partial charge in [0, 0.05) is 13.1 Å². The molecule has 0 saturated heterocycles. The highest BCUT2D eigenvalue weighted by atomic mass is 16.5. The highest BCUT2D eigenvalue weighted by Gasteiger charge is 2.21. The van der Waals surface area contributed by atoms with Crippen LogP contribution in [0.3, 0.4) is 0 Å². The lowest BCUT2D eigenvalue weighted by Gasteiger charge is -2.21. The molecule has 1 aromatic carbocycles. The van der Waals surface area contributed by atoms with Gasteiger partial charge < -0.3 is 20.1 Å². The third-order valence-electron chi connectivity index (χ3n) is 3.50. The van der Waals surface area contributed by atoms with Crippen molar-refractivity contribution in [3.63, 3.8) is 0 Å². The molecule has 1 atom stereocenters. The average Bonchev–Trinajstić information content (AvgIpc) is 2.54. The van der Waals surface area contributed by atoms with Gasteiger partial charge in [0.1, 0.15) is 11.3 Å². The number of likely N-dealkylation sites (N-methyl/N-ethyl adjacent to an activating group) is 1. The number of esters is 1. The van der Waals surface area contributed by atoms with Crippen LogP contribution < -0.4 is 15.4 Å². The van der Waals surface area contributed by atoms with Crippen molar-refractivity contribution in [1.82, 2.24) is 10.6 Å². The fourth-order valence-electron chi connectivity index (χ4n) is 2.27. The zero-order valence-corrected chi connectivity index (χ0v) is 14.4. The van der Waals surface area contributed by atoms with E-state index in [9.17, 15) is 9.59 Å². The fourth-order valence-corrected chi connectivity index (χ4v) is 2.27. The van der Waals surface area contributed by atoms with Crippen LogP contribution in [0.1, 0.15) is 36.7 Å². The molecular formula is C17H26N2O4. The summed E-state index contributed by atoms with van der Waals surface area (Å²) in [4.78, 5) is 23.7. The lowest BCUT2D eigenvalue weighted by atomic mass is 10.0. The number of nitrogens with one attached hydrogen (secondary N) is 2. The van der Waals surface area contributed by atoms with Gasteiger partial charge >= 0.3 is 5.97 Å². The van der Waals surface area contributed by atoms with E-state index in [1.165, 1.54) is 14.2 Å². The Morgan fingerprint density at radius 3 is 2.43 bits per heavy atom. The number of methoxy groups -OCH3 is 2. The summed E-state index contributed by atoms with van der Waals surface area (Å²) in [5.74, 6) is 0.164. The number of hydrogen-bond donors (Lipinski definition) is 2. The summed E-state index contributed by atoms with van der Waals surface area (Å²) in [6.45, 7) is 6.98. The molecule has 0 aliphatic rings. The molecule has 6 heteroatoms. The molecule has 0 aliphatic heterocycles. The van der Waals surface area contributed by atoms with Gasteiger partial charge in [0.25, 0.3) is 0 Å². The summed E-state index contributed by atoms with van der Waals surface area (Å²) in [7, 11) is 2.83. The molecule has 1 aromatic rings. The van der Waals surface area contributed by atoms with Gasteiger partial charge in [-0.05, 0) is 30.5 Å². The molecule has 1 rings (SSSR count). The lowest BCUT2D eigenvalue weighted by molar-refractivity contribution is -0.124. The third kappa shape index (κ3) is 5.25. The Balaban J connectivity index is 2.84. The predicted molar refractivity (Wildman–Crippen MR) is 88.5 cm³/mol. The van der Waals surface area contributed by atoms with Gasteiger partial charge in [-0.3, -0.25) is 4.79 Å². The summed E-state index contributed by atoms with van der Waals surface area (Å²) in [6, 6.07) is 4.98. The molecule has 2 N–H and O–H groups in total. The van der Waals surface area contributed by atoms with Crippen molar-refractivity contribution in [1.29, 1.82) is 0 Å². The maximum Gasteiger partial charge on any atom is 0.341 e. The summed E-state index contributed by atoms with van der Waals surface area (Å²) in [5, 5.41) is 6.08. The van der Waals surface area contributed by atoms with Crippen LogP contribution in [0.5, 0.6) is 5.75 Å². The maximum absolute atomic E-state index is 12.1. The number of ether oxygens (including phenoxy) is 2. The summed E-state index contributed by atoms with van der Waals surface area (Å²) in [6.07, 6.45) is 0. The van der Waals surface area contributed by atoms with Gasteiger partial charge in [0.15, 0.2) is 0 Å². The largest absolute Gasteiger partial charge is 0.496 e. The number of benzene rings is 1. The Labute approximate surface area is 137 Å². The second-order valence-corrected chi connectivity index (χ2v) is 5.52. The quantitative estimate of drug-likeness (QED) is 0.713. The number of rotatable bonds is 8. The van der Waals surface area contributed by atoms with Crippen molar-refractivity contribution in [3.05, 3.63) is 29.3 Å². The predicted octanol–water partition coefficient (Wildman–Crippen LogP) is 1.73. The zero-order valence-electron chi connectivity index (χ0n) is 14.4. The molecule has 23 heavy (non-hydrogen) atoms. The maximum atomic E-state index is 12.1. The van der Waals surface area contributed by atoms with Gasteiger partial charge in [0.05, 0.1) is 20.3 Å². The van der Waals surface area contributed by atoms with Gasteiger partial charge in [-0.2, -0.15) is 0 Å². The Bertz CT molecular complexity index is 543. The number of carbonyl (C=O) groups excluding carboxylic acids is 2. The molecule has 0 unspecified atom stereocenters. The van der Waals surface area contributed by atoms with Gasteiger partial charge in [0.2, 0.25) is 5.91 Å². The van der Waals surface area contributed by atoms with Crippen LogP contribution >= 0.6 is 0 Å². The first-order valence-electron chi connectivity index (χ1n) is 7.70. The van der Waals surface area contributed by atoms with Crippen LogP contribution in [0.15, 0.2) is 18.2 Å². The summed E-state index contributed by atoms with van der Waals surface area (Å²) < 4.78 is 9.96. The standard InChI is InChI=1S/C17H26N2O4/c1-6-18-16(20)15(11(2)3)19-10-12-7-8-13(17(21)23-5)14(9-12)22-4/h7-9,11,15,19H,6,10H2,1-5H3,(H,18,20)/t15-/m0/s1. The van der Waals surface area contributed by atoms with Gasteiger partial charge in [-0.1, -0.05) is 19.9 Å². The summed E-state index contributed by atoms with van der Waals surface area (Å²) in [5.41, 5.74) is 1.30. The number of hydrogen-bond acceptors (Lipinski definition) is 5. The Kier molecular flexibility index (Phi) is 7.54. The molecule has 0 radical (unpaired) electrons. The molecular weight excluding hydrogens is 296 g/mol. The Morgan fingerprint density at radius 2 is 1.91 bits per heavy atom. The van der Waals surface area contributed by atoms with Crippen LogP contribution in [0.25, 0.3) is 0 Å². The van der Waals surface area contributed by atoms with E-state index in [0.717, 1.165) is 5.56 Å². The zero-order chi connectivity index (χ0) is 17.4. The van der Waals surface area contributed by atoms with E-state index in [1.54, 1.807) is 12.1 Å². The molecule has 0 aromatic heterocycles. The van der Waals surface area contributed by atoms with Crippen LogP contribution in [0, 0.1) is 5.92 Å². The molecule has 0 aliphatic carbocycles. The first-order valence-corrected chi connectivity index (χ1v) is 7.70. The van der Waals surface area contributed by atoms with Gasteiger partial charge in [-0.15, -0.1) is 0 Å². The molecule has 0 heterocycles. The van der Waals surface area contributed by atoms with E-state index >= 15 is 0 Å². The second kappa shape index (κ2) is 9.15. The highest BCUT2D eigenvalue weighted by Crippen LogP contribution is 2.21. The SMILES string of the molecule is CCNC(=O)[C@@H](NCc1ccc(C(=O)OC)c(OC)c1)C(C)C. The van der Waals surface area contributed by atoms with E-state index in [1.807, 2.05) is 26.8 Å². The van der Waals surface area contributed by atoms with E-state index in [4.69, 9.17) is 9.47 Å². The smallest absolute Gasteiger partial charge is 0.341 e. The second-order valence-electron chi connectivity index (χ2n) is 5.52. The van der Waals surface area contributed by atoms with Crippen LogP contribution in [0.4, 0.5) is 0 Å². The van der Waals surface area contributed by atoms with E-state index in [-0.39, 0.29) is 17.9 Å². The highest BCUT2D eigenvalue weighted by molar-refractivity contribution is 5.92. The average molecular weight is 322 g/mol. The molecule has 6 nitrogen and oxygen atoms in total. The third-order valence-corrected chi connectivity index (χ3v) is 3.50. The molecule has 1 amide bonds. The Morgan fingerprint density at radius 1 is 1.22 bits per heavy atom. The minimum atomic E-state index is -0.441. The van der Waals surface area contributed by atoms with Crippen molar-refractivity contribution in [2.75, 3.05) is 20.8 Å². The monoisotopic (exact) mass is 322 g/mol. The minimum Gasteiger partial charge on any atom is -0.496 e. The number of amides is 1. The van der Waals surface area contributed by atoms with E-state index in [0.29, 0.717) is 24.4 Å². The lowest BCUT2D eigenvalue weighted by Crippen LogP contribution is -2.47. The van der Waals surface area contributed by atoms with E-state index < -0.39 is 5.97 Å².